The van der Waals surface area contributed by atoms with E-state index in [4.69, 9.17) is 33.1 Å². The molecule has 19 heteroatoms. The predicted octanol–water partition coefficient (Wildman–Crippen LogP) is -1.22. The molecule has 1 aromatic heterocycles. The second-order valence-electron chi connectivity index (χ2n) is 8.36. The summed E-state index contributed by atoms with van der Waals surface area (Å²) < 4.78 is 63.8. The number of nitrogens with zero attached hydrogens (tertiary/aromatic N) is 5. The maximum Gasteiger partial charge on any atom is 0.418 e. The average molecular weight is 595 g/mol. The zero-order valence-electron chi connectivity index (χ0n) is 22.4. The van der Waals surface area contributed by atoms with Crippen LogP contribution in [0.3, 0.4) is 0 Å². The van der Waals surface area contributed by atoms with E-state index in [9.17, 15) is 18.0 Å². The van der Waals surface area contributed by atoms with E-state index in [0.717, 1.165) is 0 Å². The lowest BCUT2D eigenvalue weighted by Gasteiger charge is -2.31. The molecule has 0 saturated carbocycles. The van der Waals surface area contributed by atoms with Gasteiger partial charge in [0.2, 0.25) is 0 Å². The molecule has 3 rings (SSSR count). The van der Waals surface area contributed by atoms with E-state index >= 15 is 0 Å². The van der Waals surface area contributed by atoms with Crippen molar-refractivity contribution in [2.45, 2.75) is 12.1 Å². The van der Waals surface area contributed by atoms with Crippen LogP contribution >= 0.6 is 0 Å². The van der Waals surface area contributed by atoms with E-state index in [1.807, 2.05) is 0 Å². The fourth-order valence-electron chi connectivity index (χ4n) is 4.02. The number of ether oxygens (including phenoxy) is 5. The number of nitrogens with one attached hydrogen (secondary N) is 1. The number of hydrogen-bond acceptors (Lipinski definition) is 13. The van der Waals surface area contributed by atoms with Crippen molar-refractivity contribution >= 4 is 28.2 Å². The first kappa shape index (κ1) is 31.6. The lowest BCUT2D eigenvalue weighted by atomic mass is 9.97. The number of hydrogen-bond donors (Lipinski definition) is 2. The van der Waals surface area contributed by atoms with Crippen LogP contribution in [0.1, 0.15) is 23.3 Å². The van der Waals surface area contributed by atoms with Crippen molar-refractivity contribution < 1.29 is 55.4 Å². The van der Waals surface area contributed by atoms with Crippen LogP contribution in [-0.4, -0.2) is 131 Å². The van der Waals surface area contributed by atoms with Crippen LogP contribution in [0.25, 0.3) is 0 Å². The van der Waals surface area contributed by atoms with Crippen LogP contribution in [0.4, 0.5) is 4.79 Å². The number of methoxy groups -OCH3 is 1. The minimum Gasteiger partial charge on any atom is -0.382 e. The molecule has 18 nitrogen and oxygen atoms in total. The molecule has 2 aliphatic heterocycles. The number of aromatic nitrogens is 2. The SMILES string of the molecule is CN=C(NOC(=O)COCCOCCOCCOCCOC)[C@@H]1c2c(cnn2C)[C@@H]2CN1C(=O)N2OS(=O)(=O)O. The Morgan fingerprint density at radius 2 is 1.70 bits per heavy atom. The molecule has 0 spiro atoms. The molecular formula is C21H34N6O12S. The Balaban J connectivity index is 1.40. The van der Waals surface area contributed by atoms with Gasteiger partial charge in [0.15, 0.2) is 5.84 Å². The van der Waals surface area contributed by atoms with E-state index in [0.29, 0.717) is 56.0 Å². The third kappa shape index (κ3) is 8.54. The molecular weight excluding hydrogens is 560 g/mol. The highest BCUT2D eigenvalue weighted by Crippen LogP contribution is 2.44. The smallest absolute Gasteiger partial charge is 0.382 e. The highest BCUT2D eigenvalue weighted by atomic mass is 32.3. The summed E-state index contributed by atoms with van der Waals surface area (Å²) in [5.74, 6) is -0.702. The molecule has 0 radical (unpaired) electrons. The number of aliphatic imine (C=N–C) groups is 1. The quantitative estimate of drug-likeness (QED) is 0.0714. The van der Waals surface area contributed by atoms with Crippen LogP contribution in [0, 0.1) is 0 Å². The standard InChI is InChI=1S/C21H34N6O12S/c1-22-20(24-38-17(28)14-37-11-10-36-9-8-35-7-6-34-5-4-33-3)19-18-15(12-23-25(18)2)16-13-26(19)21(29)27(16)39-40(30,31)32/h12,16,19H,4-11,13-14H2,1-3H3,(H,22,24)(H,30,31,32)/t16-,19-/m0/s1. The van der Waals surface area contributed by atoms with Gasteiger partial charge in [0.25, 0.3) is 0 Å². The second kappa shape index (κ2) is 15.2. The third-order valence-electron chi connectivity index (χ3n) is 5.74. The number of amidine groups is 1. The van der Waals surface area contributed by atoms with E-state index in [2.05, 4.69) is 19.9 Å². The van der Waals surface area contributed by atoms with Gasteiger partial charge in [-0.15, -0.1) is 4.28 Å². The molecule has 226 valence electrons. The lowest BCUT2D eigenvalue weighted by molar-refractivity contribution is -0.154. The Morgan fingerprint density at radius 1 is 1.10 bits per heavy atom. The monoisotopic (exact) mass is 594 g/mol. The van der Waals surface area contributed by atoms with Crippen LogP contribution in [0.5, 0.6) is 0 Å². The van der Waals surface area contributed by atoms with Crippen LogP contribution in [-0.2, 0) is 55.0 Å². The summed E-state index contributed by atoms with van der Waals surface area (Å²) in [4.78, 5) is 35.5. The maximum absolute atomic E-state index is 12.9. The van der Waals surface area contributed by atoms with Crippen molar-refractivity contribution in [1.82, 2.24) is 25.2 Å². The third-order valence-corrected chi connectivity index (χ3v) is 6.09. The highest BCUT2D eigenvalue weighted by Gasteiger charge is 2.53. The molecule has 0 aliphatic carbocycles. The van der Waals surface area contributed by atoms with Gasteiger partial charge < -0.3 is 33.4 Å². The van der Waals surface area contributed by atoms with E-state index in [1.165, 1.54) is 22.8 Å². The van der Waals surface area contributed by atoms with Crippen LogP contribution in [0.2, 0.25) is 0 Å². The maximum atomic E-state index is 12.9. The Hall–Kier alpha value is -2.91. The first-order valence-electron chi connectivity index (χ1n) is 12.2. The van der Waals surface area contributed by atoms with Gasteiger partial charge in [-0.2, -0.15) is 18.6 Å². The molecule has 1 saturated heterocycles. The van der Waals surface area contributed by atoms with Gasteiger partial charge in [0.1, 0.15) is 18.7 Å². The van der Waals surface area contributed by atoms with Crippen LogP contribution in [0.15, 0.2) is 11.2 Å². The zero-order valence-corrected chi connectivity index (χ0v) is 23.2. The summed E-state index contributed by atoms with van der Waals surface area (Å²) in [6.07, 6.45) is 1.45. The molecule has 2 aliphatic rings. The second-order valence-corrected chi connectivity index (χ2v) is 9.36. The number of carbonyl (C=O) groups is 2. The molecule has 2 bridgehead atoms. The molecule has 3 heterocycles. The summed E-state index contributed by atoms with van der Waals surface area (Å²) in [7, 11) is -0.329. The first-order valence-corrected chi connectivity index (χ1v) is 13.5. The molecule has 40 heavy (non-hydrogen) atoms. The summed E-state index contributed by atoms with van der Waals surface area (Å²) in [6, 6.07) is -2.62. The largest absolute Gasteiger partial charge is 0.418 e. The number of amides is 2. The minimum atomic E-state index is -4.97. The van der Waals surface area contributed by atoms with Gasteiger partial charge in [-0.1, -0.05) is 0 Å². The van der Waals surface area contributed by atoms with Crippen molar-refractivity contribution in [3.63, 3.8) is 0 Å². The fraction of sp³-hybridized carbons (Fsp3) is 0.714. The van der Waals surface area contributed by atoms with Crippen molar-refractivity contribution in [2.24, 2.45) is 12.0 Å². The van der Waals surface area contributed by atoms with E-state index in [1.54, 1.807) is 14.2 Å². The minimum absolute atomic E-state index is 0.00265. The zero-order chi connectivity index (χ0) is 29.1. The number of aryl methyl sites for hydroxylation is 1. The van der Waals surface area contributed by atoms with Gasteiger partial charge in [-0.25, -0.2) is 15.1 Å². The Labute approximate surface area is 230 Å². The van der Waals surface area contributed by atoms with E-state index < -0.39 is 34.5 Å². The van der Waals surface area contributed by atoms with Gasteiger partial charge >= 0.3 is 22.4 Å². The molecule has 2 atom stereocenters. The molecule has 1 aromatic rings. The van der Waals surface area contributed by atoms with Crippen molar-refractivity contribution in [3.05, 3.63) is 17.5 Å². The van der Waals surface area contributed by atoms with Crippen molar-refractivity contribution in [1.29, 1.82) is 0 Å². The summed E-state index contributed by atoms with van der Waals surface area (Å²) in [5.41, 5.74) is 3.40. The lowest BCUT2D eigenvalue weighted by Crippen LogP contribution is -2.45. The topological polar surface area (TPSA) is 202 Å². The fourth-order valence-corrected chi connectivity index (χ4v) is 4.40. The number of rotatable bonds is 17. The molecule has 0 aromatic carbocycles. The normalized spacial score (nSPS) is 18.8. The highest BCUT2D eigenvalue weighted by molar-refractivity contribution is 7.80. The van der Waals surface area contributed by atoms with Gasteiger partial charge in [-0.3, -0.25) is 14.2 Å². The average Bonchev–Trinajstić information content (AvgIpc) is 3.42. The van der Waals surface area contributed by atoms with Gasteiger partial charge in [0, 0.05) is 26.8 Å². The predicted molar refractivity (Wildman–Crippen MR) is 133 cm³/mol. The number of carbonyl (C=O) groups excluding carboxylic acids is 2. The first-order chi connectivity index (χ1) is 19.2. The van der Waals surface area contributed by atoms with E-state index in [-0.39, 0.29) is 32.2 Å². The molecule has 2 amide bonds. The van der Waals surface area contributed by atoms with Gasteiger partial charge in [-0.05, 0) is 0 Å². The number of fused-ring (bicyclic) bond motifs is 4. The van der Waals surface area contributed by atoms with Gasteiger partial charge in [0.05, 0.1) is 71.3 Å². The summed E-state index contributed by atoms with van der Waals surface area (Å²) >= 11 is 0. The Bertz CT molecular complexity index is 1130. The Kier molecular flexibility index (Phi) is 12.0. The van der Waals surface area contributed by atoms with Crippen molar-refractivity contribution in [3.8, 4) is 0 Å². The molecule has 2 N–H and O–H groups in total. The van der Waals surface area contributed by atoms with Crippen molar-refractivity contribution in [2.75, 3.05) is 80.2 Å². The number of hydroxylamine groups is 3. The number of urea groups is 1. The molecule has 0 unspecified atom stereocenters. The summed E-state index contributed by atoms with van der Waals surface area (Å²) in [5, 5.41) is 4.73. The molecule has 1 fully saturated rings. The Morgan fingerprint density at radius 3 is 2.27 bits per heavy atom. The summed E-state index contributed by atoms with van der Waals surface area (Å²) in [6.45, 7) is 2.68. The van der Waals surface area contributed by atoms with Crippen LogP contribution < -0.4 is 5.48 Å².